The van der Waals surface area contributed by atoms with E-state index in [0.29, 0.717) is 11.6 Å². The molecule has 1 nitrogen and oxygen atoms in total. The van der Waals surface area contributed by atoms with Gasteiger partial charge in [0.2, 0.25) is 0 Å². The minimum absolute atomic E-state index is 0.0700. The van der Waals surface area contributed by atoms with Gasteiger partial charge in [0.25, 0.3) is 0 Å². The summed E-state index contributed by atoms with van der Waals surface area (Å²) in [7, 11) is 0. The second kappa shape index (κ2) is 6.90. The standard InChI is InChI=1S/C15H14Cl2FN/c16-13-5-1-3-11(9-13)15(7-8-19-17)12-4-2-6-14(18)10-12/h1-6,9-10,15,19H,7-8H2. The quantitative estimate of drug-likeness (QED) is 0.786. The Morgan fingerprint density at radius 2 is 1.74 bits per heavy atom. The topological polar surface area (TPSA) is 12.0 Å². The van der Waals surface area contributed by atoms with Crippen molar-refractivity contribution in [1.82, 2.24) is 4.84 Å². The van der Waals surface area contributed by atoms with Gasteiger partial charge in [-0.25, -0.2) is 9.23 Å². The minimum Gasteiger partial charge on any atom is -0.234 e. The van der Waals surface area contributed by atoms with Gasteiger partial charge in [0, 0.05) is 17.5 Å². The van der Waals surface area contributed by atoms with Crippen molar-refractivity contribution in [3.8, 4) is 0 Å². The van der Waals surface area contributed by atoms with Crippen LogP contribution in [0.3, 0.4) is 0 Å². The van der Waals surface area contributed by atoms with Crippen molar-refractivity contribution in [2.75, 3.05) is 6.54 Å². The molecule has 2 rings (SSSR count). The maximum atomic E-state index is 13.4. The molecule has 0 aliphatic carbocycles. The van der Waals surface area contributed by atoms with Crippen molar-refractivity contribution in [3.05, 3.63) is 70.5 Å². The van der Waals surface area contributed by atoms with Crippen LogP contribution in [-0.4, -0.2) is 6.54 Å². The number of hydrogen-bond donors (Lipinski definition) is 1. The lowest BCUT2D eigenvalue weighted by molar-refractivity contribution is 0.619. The van der Waals surface area contributed by atoms with Crippen LogP contribution >= 0.6 is 23.4 Å². The van der Waals surface area contributed by atoms with E-state index in [1.807, 2.05) is 30.3 Å². The lowest BCUT2D eigenvalue weighted by Gasteiger charge is -2.18. The van der Waals surface area contributed by atoms with Crippen molar-refractivity contribution in [3.63, 3.8) is 0 Å². The van der Waals surface area contributed by atoms with E-state index in [0.717, 1.165) is 17.5 Å². The number of benzene rings is 2. The molecule has 0 amide bonds. The van der Waals surface area contributed by atoms with Crippen LogP contribution in [0.2, 0.25) is 5.02 Å². The molecule has 0 saturated heterocycles. The highest BCUT2D eigenvalue weighted by atomic mass is 35.5. The fourth-order valence-electron chi connectivity index (χ4n) is 2.17. The minimum atomic E-state index is -0.233. The molecule has 0 saturated carbocycles. The molecular weight excluding hydrogens is 284 g/mol. The van der Waals surface area contributed by atoms with E-state index in [2.05, 4.69) is 4.84 Å². The van der Waals surface area contributed by atoms with E-state index in [1.54, 1.807) is 12.1 Å². The Hall–Kier alpha value is -1.09. The molecule has 1 atom stereocenters. The van der Waals surface area contributed by atoms with Gasteiger partial charge in [-0.2, -0.15) is 0 Å². The van der Waals surface area contributed by atoms with E-state index in [1.165, 1.54) is 6.07 Å². The van der Waals surface area contributed by atoms with Crippen LogP contribution in [0.25, 0.3) is 0 Å². The molecule has 4 heteroatoms. The Morgan fingerprint density at radius 3 is 2.37 bits per heavy atom. The monoisotopic (exact) mass is 297 g/mol. The predicted octanol–water partition coefficient (Wildman–Crippen LogP) is 4.74. The summed E-state index contributed by atoms with van der Waals surface area (Å²) >= 11 is 11.6. The number of hydrogen-bond acceptors (Lipinski definition) is 1. The maximum Gasteiger partial charge on any atom is 0.123 e. The predicted molar refractivity (Wildman–Crippen MR) is 78.2 cm³/mol. The highest BCUT2D eigenvalue weighted by molar-refractivity contribution is 6.30. The third-order valence-electron chi connectivity index (χ3n) is 3.03. The van der Waals surface area contributed by atoms with Gasteiger partial charge < -0.3 is 0 Å². The third-order valence-corrected chi connectivity index (χ3v) is 3.45. The number of halogens is 3. The second-order valence-electron chi connectivity index (χ2n) is 4.33. The van der Waals surface area contributed by atoms with Gasteiger partial charge in [-0.05, 0) is 53.6 Å². The fraction of sp³-hybridized carbons (Fsp3) is 0.200. The fourth-order valence-corrected chi connectivity index (χ4v) is 2.48. The van der Waals surface area contributed by atoms with E-state index in [-0.39, 0.29) is 11.7 Å². The van der Waals surface area contributed by atoms with Crippen LogP contribution < -0.4 is 4.84 Å². The largest absolute Gasteiger partial charge is 0.234 e. The first-order valence-corrected chi connectivity index (χ1v) is 6.80. The van der Waals surface area contributed by atoms with Gasteiger partial charge in [0.1, 0.15) is 5.82 Å². The summed E-state index contributed by atoms with van der Waals surface area (Å²) in [6.45, 7) is 0.634. The summed E-state index contributed by atoms with van der Waals surface area (Å²) in [4.78, 5) is 2.61. The molecule has 0 aliphatic heterocycles. The Balaban J connectivity index is 2.35. The average Bonchev–Trinajstić information content (AvgIpc) is 2.39. The highest BCUT2D eigenvalue weighted by Gasteiger charge is 2.14. The molecule has 0 aliphatic rings. The van der Waals surface area contributed by atoms with E-state index < -0.39 is 0 Å². The van der Waals surface area contributed by atoms with Crippen molar-refractivity contribution < 1.29 is 4.39 Å². The van der Waals surface area contributed by atoms with Crippen molar-refractivity contribution >= 4 is 23.4 Å². The molecule has 1 N–H and O–H groups in total. The summed E-state index contributed by atoms with van der Waals surface area (Å²) in [5.41, 5.74) is 1.99. The van der Waals surface area contributed by atoms with E-state index in [9.17, 15) is 4.39 Å². The molecule has 0 radical (unpaired) electrons. The lowest BCUT2D eigenvalue weighted by Crippen LogP contribution is -2.09. The SMILES string of the molecule is Fc1cccc(C(CCNCl)c2cccc(Cl)c2)c1. The average molecular weight is 298 g/mol. The molecule has 0 heterocycles. The summed E-state index contributed by atoms with van der Waals surface area (Å²) in [6.07, 6.45) is 0.771. The molecule has 100 valence electrons. The zero-order chi connectivity index (χ0) is 13.7. The van der Waals surface area contributed by atoms with Crippen LogP contribution in [0.4, 0.5) is 4.39 Å². The molecular formula is C15H14Cl2FN. The Labute approximate surface area is 122 Å². The zero-order valence-electron chi connectivity index (χ0n) is 10.2. The normalized spacial score (nSPS) is 12.4. The smallest absolute Gasteiger partial charge is 0.123 e. The van der Waals surface area contributed by atoms with Crippen molar-refractivity contribution in [2.45, 2.75) is 12.3 Å². The number of rotatable bonds is 5. The first-order chi connectivity index (χ1) is 9.20. The van der Waals surface area contributed by atoms with Crippen LogP contribution in [0.15, 0.2) is 48.5 Å². The Kier molecular flexibility index (Phi) is 5.20. The van der Waals surface area contributed by atoms with E-state index >= 15 is 0 Å². The maximum absolute atomic E-state index is 13.4. The molecule has 2 aromatic carbocycles. The first kappa shape index (κ1) is 14.3. The Bertz CT molecular complexity index is 500. The van der Waals surface area contributed by atoms with Gasteiger partial charge in [0.15, 0.2) is 0 Å². The zero-order valence-corrected chi connectivity index (χ0v) is 11.8. The van der Waals surface area contributed by atoms with Crippen LogP contribution in [0, 0.1) is 5.82 Å². The summed E-state index contributed by atoms with van der Waals surface area (Å²) in [5.74, 6) is -0.163. The van der Waals surface area contributed by atoms with Gasteiger partial charge in [-0.3, -0.25) is 0 Å². The van der Waals surface area contributed by atoms with Gasteiger partial charge in [-0.15, -0.1) is 0 Å². The lowest BCUT2D eigenvalue weighted by atomic mass is 9.88. The first-order valence-electron chi connectivity index (χ1n) is 6.05. The summed E-state index contributed by atoms with van der Waals surface area (Å²) in [6, 6.07) is 14.3. The van der Waals surface area contributed by atoms with Gasteiger partial charge in [0.05, 0.1) is 0 Å². The van der Waals surface area contributed by atoms with Crippen LogP contribution in [-0.2, 0) is 0 Å². The molecule has 0 spiro atoms. The van der Waals surface area contributed by atoms with Gasteiger partial charge >= 0.3 is 0 Å². The van der Waals surface area contributed by atoms with Crippen LogP contribution in [0.5, 0.6) is 0 Å². The van der Waals surface area contributed by atoms with Gasteiger partial charge in [-0.1, -0.05) is 35.9 Å². The molecule has 1 unspecified atom stereocenters. The summed E-state index contributed by atoms with van der Waals surface area (Å²) in [5, 5.41) is 0.678. The third kappa shape index (κ3) is 3.93. The Morgan fingerprint density at radius 1 is 1.05 bits per heavy atom. The second-order valence-corrected chi connectivity index (χ2v) is 5.04. The molecule has 2 aromatic rings. The van der Waals surface area contributed by atoms with E-state index in [4.69, 9.17) is 23.4 Å². The molecule has 19 heavy (non-hydrogen) atoms. The number of nitrogens with one attached hydrogen (secondary N) is 1. The molecule has 0 bridgehead atoms. The van der Waals surface area contributed by atoms with Crippen molar-refractivity contribution in [1.29, 1.82) is 0 Å². The molecule has 0 fully saturated rings. The molecule has 0 aromatic heterocycles. The van der Waals surface area contributed by atoms with Crippen molar-refractivity contribution in [2.24, 2.45) is 0 Å². The summed E-state index contributed by atoms with van der Waals surface area (Å²) < 4.78 is 13.4. The van der Waals surface area contributed by atoms with Crippen LogP contribution in [0.1, 0.15) is 23.5 Å². The highest BCUT2D eigenvalue weighted by Crippen LogP contribution is 2.29.